The summed E-state index contributed by atoms with van der Waals surface area (Å²) in [5.74, 6) is 0. The summed E-state index contributed by atoms with van der Waals surface area (Å²) < 4.78 is 14.2. The summed E-state index contributed by atoms with van der Waals surface area (Å²) in [6.07, 6.45) is 0.714. The van der Waals surface area contributed by atoms with Gasteiger partial charge in [0.2, 0.25) is 0 Å². The van der Waals surface area contributed by atoms with Crippen molar-refractivity contribution in [2.75, 3.05) is 0 Å². The monoisotopic (exact) mass is 214 g/mol. The van der Waals surface area contributed by atoms with Gasteiger partial charge in [-0.2, -0.15) is 4.39 Å². The number of benzene rings is 1. The average Bonchev–Trinajstić information content (AvgIpc) is 2.43. The molecular formula is C10H8ClFS. The van der Waals surface area contributed by atoms with Crippen LogP contribution in [0, 0.1) is 5.13 Å². The van der Waals surface area contributed by atoms with Crippen molar-refractivity contribution < 1.29 is 4.39 Å². The highest BCUT2D eigenvalue weighted by Gasteiger charge is 2.11. The lowest BCUT2D eigenvalue weighted by molar-refractivity contribution is 0.644. The van der Waals surface area contributed by atoms with Gasteiger partial charge in [0.15, 0.2) is 5.13 Å². The first-order valence-corrected chi connectivity index (χ1v) is 5.29. The third-order valence-corrected chi connectivity index (χ3v) is 3.57. The summed E-state index contributed by atoms with van der Waals surface area (Å²) in [6, 6.07) is 5.56. The maximum atomic E-state index is 13.3. The predicted molar refractivity (Wildman–Crippen MR) is 56.2 cm³/mol. The van der Waals surface area contributed by atoms with Gasteiger partial charge in [-0.1, -0.05) is 30.7 Å². The number of hydrogen-bond donors (Lipinski definition) is 0. The zero-order chi connectivity index (χ0) is 9.42. The number of thiophene rings is 1. The lowest BCUT2D eigenvalue weighted by Crippen LogP contribution is -1.79. The second-order valence-electron chi connectivity index (χ2n) is 2.82. The van der Waals surface area contributed by atoms with E-state index in [2.05, 4.69) is 0 Å². The second kappa shape index (κ2) is 3.28. The number of fused-ring (bicyclic) bond motifs is 1. The fraction of sp³-hybridized carbons (Fsp3) is 0.200. The molecule has 0 N–H and O–H groups in total. The summed E-state index contributed by atoms with van der Waals surface area (Å²) >= 11 is 7.07. The van der Waals surface area contributed by atoms with Crippen LogP contribution in [0.4, 0.5) is 4.39 Å². The van der Waals surface area contributed by atoms with Crippen LogP contribution in [0.15, 0.2) is 18.2 Å². The van der Waals surface area contributed by atoms with Gasteiger partial charge in [0.1, 0.15) is 0 Å². The molecule has 0 unspecified atom stereocenters. The Morgan fingerprint density at radius 2 is 2.23 bits per heavy atom. The highest BCUT2D eigenvalue weighted by molar-refractivity contribution is 7.18. The number of halogens is 2. The normalized spacial score (nSPS) is 11.0. The Bertz CT molecular complexity index is 447. The van der Waals surface area contributed by atoms with Crippen molar-refractivity contribution in [2.45, 2.75) is 13.3 Å². The SMILES string of the molecule is CCc1c(F)sc2c(Cl)cccc12. The van der Waals surface area contributed by atoms with Gasteiger partial charge < -0.3 is 0 Å². The van der Waals surface area contributed by atoms with Crippen LogP contribution in [-0.2, 0) is 6.42 Å². The summed E-state index contributed by atoms with van der Waals surface area (Å²) in [4.78, 5) is 0. The Balaban J connectivity index is 2.86. The first kappa shape index (κ1) is 8.97. The molecule has 3 heteroatoms. The van der Waals surface area contributed by atoms with Crippen LogP contribution in [0.25, 0.3) is 10.1 Å². The molecule has 0 atom stereocenters. The van der Waals surface area contributed by atoms with Crippen LogP contribution >= 0.6 is 22.9 Å². The van der Waals surface area contributed by atoms with E-state index in [1.807, 2.05) is 19.1 Å². The topological polar surface area (TPSA) is 0 Å². The Morgan fingerprint density at radius 3 is 2.92 bits per heavy atom. The minimum atomic E-state index is -0.106. The Morgan fingerprint density at radius 1 is 1.46 bits per heavy atom. The van der Waals surface area contributed by atoms with E-state index in [0.717, 1.165) is 27.0 Å². The Hall–Kier alpha value is -0.600. The van der Waals surface area contributed by atoms with Crippen molar-refractivity contribution in [3.05, 3.63) is 33.9 Å². The number of hydrogen-bond acceptors (Lipinski definition) is 1. The van der Waals surface area contributed by atoms with Gasteiger partial charge in [-0.25, -0.2) is 0 Å². The van der Waals surface area contributed by atoms with Crippen LogP contribution < -0.4 is 0 Å². The smallest absolute Gasteiger partial charge is 0.180 e. The molecule has 1 aromatic heterocycles. The van der Waals surface area contributed by atoms with Crippen molar-refractivity contribution in [1.29, 1.82) is 0 Å². The molecule has 1 aromatic carbocycles. The van der Waals surface area contributed by atoms with Gasteiger partial charge in [-0.15, -0.1) is 11.3 Å². The van der Waals surface area contributed by atoms with E-state index < -0.39 is 0 Å². The molecule has 0 amide bonds. The van der Waals surface area contributed by atoms with Crippen LogP contribution in [0.5, 0.6) is 0 Å². The molecule has 0 spiro atoms. The molecule has 0 saturated carbocycles. The van der Waals surface area contributed by atoms with Crippen molar-refractivity contribution in [2.24, 2.45) is 0 Å². The highest BCUT2D eigenvalue weighted by atomic mass is 35.5. The average molecular weight is 215 g/mol. The van der Waals surface area contributed by atoms with E-state index in [0.29, 0.717) is 11.4 Å². The molecule has 2 aromatic rings. The molecule has 0 nitrogen and oxygen atoms in total. The second-order valence-corrected chi connectivity index (χ2v) is 4.20. The van der Waals surface area contributed by atoms with E-state index in [4.69, 9.17) is 11.6 Å². The summed E-state index contributed by atoms with van der Waals surface area (Å²) in [6.45, 7) is 1.95. The third-order valence-electron chi connectivity index (χ3n) is 2.07. The standard InChI is InChI=1S/C10H8ClFS/c1-2-6-7-4-3-5-8(11)9(7)13-10(6)12/h3-5H,2H2,1H3. The maximum Gasteiger partial charge on any atom is 0.180 e. The minimum Gasteiger partial charge on any atom is -0.195 e. The molecule has 2 rings (SSSR count). The van der Waals surface area contributed by atoms with Crippen molar-refractivity contribution >= 4 is 33.0 Å². The number of rotatable bonds is 1. The molecule has 1 heterocycles. The molecule has 0 bridgehead atoms. The molecule has 0 fully saturated rings. The van der Waals surface area contributed by atoms with Crippen LogP contribution in [0.1, 0.15) is 12.5 Å². The van der Waals surface area contributed by atoms with Crippen molar-refractivity contribution in [3.63, 3.8) is 0 Å². The summed E-state index contributed by atoms with van der Waals surface area (Å²) in [5, 5.41) is 1.49. The van der Waals surface area contributed by atoms with Gasteiger partial charge in [0, 0.05) is 10.9 Å². The molecule has 13 heavy (non-hydrogen) atoms. The van der Waals surface area contributed by atoms with E-state index in [1.54, 1.807) is 6.07 Å². The highest BCUT2D eigenvalue weighted by Crippen LogP contribution is 2.34. The van der Waals surface area contributed by atoms with Crippen LogP contribution in [-0.4, -0.2) is 0 Å². The predicted octanol–water partition coefficient (Wildman–Crippen LogP) is 4.26. The molecule has 0 aliphatic rings. The first-order chi connectivity index (χ1) is 6.24. The molecular weight excluding hydrogens is 207 g/mol. The van der Waals surface area contributed by atoms with Gasteiger partial charge in [-0.05, 0) is 12.5 Å². The quantitative estimate of drug-likeness (QED) is 0.666. The van der Waals surface area contributed by atoms with Gasteiger partial charge in [-0.3, -0.25) is 0 Å². The van der Waals surface area contributed by atoms with E-state index in [-0.39, 0.29) is 5.13 Å². The fourth-order valence-corrected chi connectivity index (χ4v) is 2.75. The molecule has 0 aliphatic heterocycles. The summed E-state index contributed by atoms with van der Waals surface area (Å²) in [5.41, 5.74) is 0.780. The Kier molecular flexibility index (Phi) is 2.26. The van der Waals surface area contributed by atoms with Crippen LogP contribution in [0.3, 0.4) is 0 Å². The van der Waals surface area contributed by atoms with E-state index >= 15 is 0 Å². The maximum absolute atomic E-state index is 13.3. The summed E-state index contributed by atoms with van der Waals surface area (Å²) in [7, 11) is 0. The minimum absolute atomic E-state index is 0.106. The Labute approximate surface area is 85.0 Å². The van der Waals surface area contributed by atoms with Gasteiger partial charge >= 0.3 is 0 Å². The molecule has 0 radical (unpaired) electrons. The van der Waals surface area contributed by atoms with Crippen molar-refractivity contribution in [3.8, 4) is 0 Å². The molecule has 0 aliphatic carbocycles. The third kappa shape index (κ3) is 1.34. The van der Waals surface area contributed by atoms with Crippen LogP contribution in [0.2, 0.25) is 5.02 Å². The van der Waals surface area contributed by atoms with Gasteiger partial charge in [0.05, 0.1) is 9.72 Å². The molecule has 68 valence electrons. The molecule has 0 saturated heterocycles. The fourth-order valence-electron chi connectivity index (χ4n) is 1.44. The van der Waals surface area contributed by atoms with E-state index in [9.17, 15) is 4.39 Å². The van der Waals surface area contributed by atoms with E-state index in [1.165, 1.54) is 0 Å². The largest absolute Gasteiger partial charge is 0.195 e. The first-order valence-electron chi connectivity index (χ1n) is 4.09. The lowest BCUT2D eigenvalue weighted by Gasteiger charge is -1.94. The zero-order valence-electron chi connectivity index (χ0n) is 7.10. The zero-order valence-corrected chi connectivity index (χ0v) is 8.68. The lowest BCUT2D eigenvalue weighted by atomic mass is 10.1. The van der Waals surface area contributed by atoms with Crippen molar-refractivity contribution in [1.82, 2.24) is 0 Å². The number of aryl methyl sites for hydroxylation is 1. The van der Waals surface area contributed by atoms with Gasteiger partial charge in [0.25, 0.3) is 0 Å².